The quantitative estimate of drug-likeness (QED) is 0.423. The monoisotopic (exact) mass is 368 g/mol. The second-order valence-corrected chi connectivity index (χ2v) is 7.61. The first-order chi connectivity index (χ1) is 12.6. The Morgan fingerprint density at radius 1 is 1.15 bits per heavy atom. The van der Waals surface area contributed by atoms with Gasteiger partial charge in [0.15, 0.2) is 5.16 Å². The molecule has 0 unspecified atom stereocenters. The summed E-state index contributed by atoms with van der Waals surface area (Å²) in [5.74, 6) is 0.555. The molecule has 134 valence electrons. The summed E-state index contributed by atoms with van der Waals surface area (Å²) in [4.78, 5) is 31.1. The number of thioether (sulfide) groups is 1. The van der Waals surface area contributed by atoms with Crippen molar-refractivity contribution in [2.24, 2.45) is 0 Å². The summed E-state index contributed by atoms with van der Waals surface area (Å²) < 4.78 is 5.41. The maximum absolute atomic E-state index is 12.0. The van der Waals surface area contributed by atoms with Crippen LogP contribution in [0.2, 0.25) is 0 Å². The molecule has 0 radical (unpaired) electrons. The van der Waals surface area contributed by atoms with Crippen LogP contribution in [0.1, 0.15) is 42.1 Å². The highest BCUT2D eigenvalue weighted by molar-refractivity contribution is 7.98. The van der Waals surface area contributed by atoms with Gasteiger partial charge in [-0.05, 0) is 54.5 Å². The molecule has 1 aliphatic rings. The fourth-order valence-corrected chi connectivity index (χ4v) is 4.38. The minimum absolute atomic E-state index is 0.138. The van der Waals surface area contributed by atoms with E-state index in [1.54, 1.807) is 12.1 Å². The predicted octanol–water partition coefficient (Wildman–Crippen LogP) is 3.61. The molecule has 6 heteroatoms. The first kappa shape index (κ1) is 17.1. The highest BCUT2D eigenvalue weighted by Gasteiger charge is 2.15. The molecular formula is C20H20N2O3S. The Balaban J connectivity index is 1.67. The van der Waals surface area contributed by atoms with Crippen LogP contribution < -0.4 is 11.2 Å². The van der Waals surface area contributed by atoms with Crippen molar-refractivity contribution in [1.82, 2.24) is 9.97 Å². The molecule has 0 saturated carbocycles. The number of rotatable bonds is 5. The second-order valence-electron chi connectivity index (χ2n) is 6.64. The lowest BCUT2D eigenvalue weighted by Gasteiger charge is -2.08. The number of nitrogens with one attached hydrogen (secondary N) is 1. The molecule has 1 N–H and O–H groups in total. The molecule has 0 saturated heterocycles. The Bertz CT molecular complexity index is 1080. The van der Waals surface area contributed by atoms with E-state index < -0.39 is 0 Å². The third-order valence-corrected chi connectivity index (χ3v) is 5.61. The first-order valence-electron chi connectivity index (χ1n) is 8.94. The van der Waals surface area contributed by atoms with Crippen molar-refractivity contribution in [2.45, 2.75) is 49.9 Å². The van der Waals surface area contributed by atoms with Gasteiger partial charge >= 0.3 is 5.63 Å². The van der Waals surface area contributed by atoms with Crippen molar-refractivity contribution >= 4 is 22.7 Å². The Morgan fingerprint density at radius 3 is 2.77 bits per heavy atom. The summed E-state index contributed by atoms with van der Waals surface area (Å²) in [6.07, 6.45) is 4.99. The van der Waals surface area contributed by atoms with E-state index in [2.05, 4.69) is 23.0 Å². The summed E-state index contributed by atoms with van der Waals surface area (Å²) in [6, 6.07) is 7.25. The van der Waals surface area contributed by atoms with Crippen molar-refractivity contribution in [1.29, 1.82) is 0 Å². The van der Waals surface area contributed by atoms with Crippen molar-refractivity contribution in [3.8, 4) is 0 Å². The molecular weight excluding hydrogens is 348 g/mol. The maximum Gasteiger partial charge on any atom is 0.336 e. The van der Waals surface area contributed by atoms with Crippen molar-refractivity contribution in [3.63, 3.8) is 0 Å². The molecule has 0 atom stereocenters. The molecule has 0 amide bonds. The van der Waals surface area contributed by atoms with Crippen molar-refractivity contribution < 1.29 is 4.42 Å². The van der Waals surface area contributed by atoms with E-state index in [0.717, 1.165) is 48.7 Å². The van der Waals surface area contributed by atoms with Gasteiger partial charge in [0.25, 0.3) is 5.56 Å². The average Bonchev–Trinajstić information content (AvgIpc) is 3.05. The minimum Gasteiger partial charge on any atom is -0.423 e. The lowest BCUT2D eigenvalue weighted by atomic mass is 10.0. The number of nitrogens with zero attached hydrogens (tertiary/aromatic N) is 1. The molecule has 3 aromatic rings. The van der Waals surface area contributed by atoms with Gasteiger partial charge in [0.2, 0.25) is 0 Å². The number of aromatic nitrogens is 2. The van der Waals surface area contributed by atoms with E-state index in [4.69, 9.17) is 4.42 Å². The van der Waals surface area contributed by atoms with E-state index in [9.17, 15) is 9.59 Å². The van der Waals surface area contributed by atoms with Crippen LogP contribution in [0.15, 0.2) is 43.4 Å². The molecule has 0 aliphatic heterocycles. The molecule has 1 aliphatic carbocycles. The number of hydrogen-bond donors (Lipinski definition) is 1. The third-order valence-electron chi connectivity index (χ3n) is 4.69. The Kier molecular flexibility index (Phi) is 4.68. The van der Waals surface area contributed by atoms with Crippen LogP contribution in [0.4, 0.5) is 0 Å². The summed E-state index contributed by atoms with van der Waals surface area (Å²) in [6.45, 7) is 2.06. The van der Waals surface area contributed by atoms with E-state index in [-0.39, 0.29) is 11.2 Å². The smallest absolute Gasteiger partial charge is 0.336 e. The Labute approximate surface area is 154 Å². The lowest BCUT2D eigenvalue weighted by molar-refractivity contribution is 0.559. The topological polar surface area (TPSA) is 76.0 Å². The summed E-state index contributed by atoms with van der Waals surface area (Å²) >= 11 is 1.44. The number of aromatic amines is 1. The SMILES string of the molecule is CCCc1cc(=O)[nH]c(SCc2cc(=O)oc3cc4c(cc23)CCC4)n1. The molecule has 5 nitrogen and oxygen atoms in total. The van der Waals surface area contributed by atoms with Gasteiger partial charge in [-0.3, -0.25) is 4.79 Å². The van der Waals surface area contributed by atoms with E-state index in [1.807, 2.05) is 6.07 Å². The van der Waals surface area contributed by atoms with Gasteiger partial charge in [-0.1, -0.05) is 25.1 Å². The van der Waals surface area contributed by atoms with Crippen LogP contribution in [0.25, 0.3) is 11.0 Å². The van der Waals surface area contributed by atoms with Crippen LogP contribution >= 0.6 is 11.8 Å². The van der Waals surface area contributed by atoms with E-state index in [0.29, 0.717) is 16.5 Å². The van der Waals surface area contributed by atoms with Gasteiger partial charge in [0, 0.05) is 29.0 Å². The molecule has 2 heterocycles. The fraction of sp³-hybridized carbons (Fsp3) is 0.350. The maximum atomic E-state index is 12.0. The van der Waals surface area contributed by atoms with Crippen LogP contribution in [0.3, 0.4) is 0 Å². The Morgan fingerprint density at radius 2 is 1.96 bits per heavy atom. The van der Waals surface area contributed by atoms with E-state index in [1.165, 1.54) is 22.9 Å². The molecule has 0 spiro atoms. The van der Waals surface area contributed by atoms with Gasteiger partial charge < -0.3 is 9.40 Å². The minimum atomic E-state index is -0.341. The highest BCUT2D eigenvalue weighted by atomic mass is 32.2. The summed E-state index contributed by atoms with van der Waals surface area (Å²) in [7, 11) is 0. The zero-order valence-electron chi connectivity index (χ0n) is 14.6. The normalized spacial score (nSPS) is 13.3. The molecule has 1 aromatic carbocycles. The molecule has 4 rings (SSSR count). The summed E-state index contributed by atoms with van der Waals surface area (Å²) in [5.41, 5.74) is 4.51. The zero-order chi connectivity index (χ0) is 18.1. The second kappa shape index (κ2) is 7.11. The average molecular weight is 368 g/mol. The number of fused-ring (bicyclic) bond motifs is 2. The largest absolute Gasteiger partial charge is 0.423 e. The van der Waals surface area contributed by atoms with Crippen LogP contribution in [-0.4, -0.2) is 9.97 Å². The van der Waals surface area contributed by atoms with Crippen molar-refractivity contribution in [2.75, 3.05) is 0 Å². The number of H-pyrrole nitrogens is 1. The number of aryl methyl sites for hydroxylation is 3. The fourth-order valence-electron chi connectivity index (χ4n) is 3.50. The van der Waals surface area contributed by atoms with Gasteiger partial charge in [-0.2, -0.15) is 0 Å². The lowest BCUT2D eigenvalue weighted by Crippen LogP contribution is -2.10. The summed E-state index contributed by atoms with van der Waals surface area (Å²) in [5, 5.41) is 1.56. The highest BCUT2D eigenvalue weighted by Crippen LogP contribution is 2.30. The molecule has 2 aromatic heterocycles. The predicted molar refractivity (Wildman–Crippen MR) is 103 cm³/mol. The first-order valence-corrected chi connectivity index (χ1v) is 9.92. The number of hydrogen-bond acceptors (Lipinski definition) is 5. The molecule has 0 fully saturated rings. The molecule has 26 heavy (non-hydrogen) atoms. The van der Waals surface area contributed by atoms with Gasteiger partial charge in [-0.25, -0.2) is 9.78 Å². The van der Waals surface area contributed by atoms with Gasteiger partial charge in [-0.15, -0.1) is 0 Å². The zero-order valence-corrected chi connectivity index (χ0v) is 15.4. The van der Waals surface area contributed by atoms with Crippen LogP contribution in [0.5, 0.6) is 0 Å². The standard InChI is InChI=1S/C20H20N2O3S/c1-2-4-15-10-18(23)22-20(21-15)26-11-14-9-19(24)25-17-8-13-6-3-5-12(13)7-16(14)17/h7-10H,2-6,11H2,1H3,(H,21,22,23). The van der Waals surface area contributed by atoms with Gasteiger partial charge in [0.05, 0.1) is 0 Å². The van der Waals surface area contributed by atoms with Crippen LogP contribution in [-0.2, 0) is 25.0 Å². The van der Waals surface area contributed by atoms with Crippen molar-refractivity contribution in [3.05, 3.63) is 67.4 Å². The van der Waals surface area contributed by atoms with E-state index >= 15 is 0 Å². The third kappa shape index (κ3) is 3.46. The Hall–Kier alpha value is -2.34. The molecule has 0 bridgehead atoms. The van der Waals surface area contributed by atoms with Gasteiger partial charge in [0.1, 0.15) is 5.58 Å². The van der Waals surface area contributed by atoms with Crippen LogP contribution in [0, 0.1) is 0 Å². The number of benzene rings is 1.